The molecule has 1 aromatic carbocycles. The molecule has 0 radical (unpaired) electrons. The van der Waals surface area contributed by atoms with Crippen LogP contribution in [0, 0.1) is 6.92 Å². The van der Waals surface area contributed by atoms with Crippen molar-refractivity contribution in [1.82, 2.24) is 5.32 Å². The van der Waals surface area contributed by atoms with Crippen molar-refractivity contribution < 1.29 is 4.79 Å². The lowest BCUT2D eigenvalue weighted by Crippen LogP contribution is -2.25. The zero-order valence-electron chi connectivity index (χ0n) is 8.08. The average Bonchev–Trinajstić information content (AvgIpc) is 2.06. The maximum atomic E-state index is 9.76. The van der Waals surface area contributed by atoms with Gasteiger partial charge in [0.15, 0.2) is 0 Å². The van der Waals surface area contributed by atoms with Crippen LogP contribution in [-0.4, -0.2) is 19.5 Å². The Morgan fingerprint density at radius 2 is 1.92 bits per heavy atom. The van der Waals surface area contributed by atoms with Gasteiger partial charge in [-0.1, -0.05) is 35.9 Å². The van der Waals surface area contributed by atoms with Crippen molar-refractivity contribution in [3.63, 3.8) is 0 Å². The van der Waals surface area contributed by atoms with Crippen LogP contribution in [0.5, 0.6) is 0 Å². The fourth-order valence-electron chi connectivity index (χ4n) is 0.709. The van der Waals surface area contributed by atoms with Gasteiger partial charge in [0.05, 0.1) is 6.54 Å². The molecular weight excluding hydrogens is 164 g/mol. The van der Waals surface area contributed by atoms with Crippen LogP contribution >= 0.6 is 0 Å². The molecule has 0 aromatic heterocycles. The summed E-state index contributed by atoms with van der Waals surface area (Å²) in [5.74, 6) is -0.322. The summed E-state index contributed by atoms with van der Waals surface area (Å²) < 4.78 is 0. The van der Waals surface area contributed by atoms with Gasteiger partial charge < -0.3 is 11.1 Å². The van der Waals surface area contributed by atoms with E-state index in [0.29, 0.717) is 0 Å². The number of carbonyl (C=O) groups excluding carboxylic acids is 1. The zero-order chi connectivity index (χ0) is 10.1. The SMILES string of the molecule is CNCC(N)=O.Cc1ccccc1. The molecule has 3 nitrogen and oxygen atoms in total. The Kier molecular flexibility index (Phi) is 6.55. The molecule has 3 heteroatoms. The number of carbonyl (C=O) groups is 1. The Morgan fingerprint density at radius 3 is 2.08 bits per heavy atom. The van der Waals surface area contributed by atoms with E-state index >= 15 is 0 Å². The molecule has 72 valence electrons. The normalized spacial score (nSPS) is 8.46. The molecule has 0 heterocycles. The number of rotatable bonds is 2. The van der Waals surface area contributed by atoms with E-state index in [1.165, 1.54) is 5.56 Å². The fraction of sp³-hybridized carbons (Fsp3) is 0.300. The third-order valence-electron chi connectivity index (χ3n) is 1.29. The van der Waals surface area contributed by atoms with Crippen LogP contribution in [0.3, 0.4) is 0 Å². The molecule has 0 bridgehead atoms. The highest BCUT2D eigenvalue weighted by molar-refractivity contribution is 5.75. The molecule has 0 saturated carbocycles. The number of amides is 1. The van der Waals surface area contributed by atoms with E-state index in [-0.39, 0.29) is 12.5 Å². The summed E-state index contributed by atoms with van der Waals surface area (Å²) in [4.78, 5) is 9.76. The van der Waals surface area contributed by atoms with Crippen LogP contribution in [0.15, 0.2) is 30.3 Å². The maximum absolute atomic E-state index is 9.76. The van der Waals surface area contributed by atoms with Crippen molar-refractivity contribution in [2.24, 2.45) is 5.73 Å². The largest absolute Gasteiger partial charge is 0.369 e. The summed E-state index contributed by atoms with van der Waals surface area (Å²) in [7, 11) is 1.67. The minimum absolute atomic E-state index is 0.264. The van der Waals surface area contributed by atoms with Crippen LogP contribution in [0.2, 0.25) is 0 Å². The molecule has 0 atom stereocenters. The Balaban J connectivity index is 0.000000226. The first kappa shape index (κ1) is 11.6. The summed E-state index contributed by atoms with van der Waals surface area (Å²) in [6.45, 7) is 2.35. The number of nitrogens with two attached hydrogens (primary N) is 1. The highest BCUT2D eigenvalue weighted by atomic mass is 16.1. The van der Waals surface area contributed by atoms with E-state index in [1.807, 2.05) is 18.2 Å². The van der Waals surface area contributed by atoms with E-state index in [1.54, 1.807) is 7.05 Å². The van der Waals surface area contributed by atoms with Crippen molar-refractivity contribution in [1.29, 1.82) is 0 Å². The maximum Gasteiger partial charge on any atom is 0.231 e. The molecule has 0 aliphatic heterocycles. The molecule has 0 unspecified atom stereocenters. The van der Waals surface area contributed by atoms with Gasteiger partial charge in [-0.15, -0.1) is 0 Å². The summed E-state index contributed by atoms with van der Waals surface area (Å²) in [6.07, 6.45) is 0. The number of hydrogen-bond donors (Lipinski definition) is 2. The highest BCUT2D eigenvalue weighted by Gasteiger charge is 1.82. The molecule has 1 amide bonds. The predicted molar refractivity (Wildman–Crippen MR) is 54.3 cm³/mol. The monoisotopic (exact) mass is 180 g/mol. The second-order valence-electron chi connectivity index (χ2n) is 2.65. The lowest BCUT2D eigenvalue weighted by atomic mass is 10.2. The van der Waals surface area contributed by atoms with Gasteiger partial charge in [-0.05, 0) is 14.0 Å². The van der Waals surface area contributed by atoms with E-state index in [4.69, 9.17) is 5.73 Å². The predicted octanol–water partition coefficient (Wildman–Crippen LogP) is 0.686. The topological polar surface area (TPSA) is 55.1 Å². The first-order chi connectivity index (χ1) is 6.16. The van der Waals surface area contributed by atoms with Crippen molar-refractivity contribution in [3.05, 3.63) is 35.9 Å². The van der Waals surface area contributed by atoms with E-state index in [0.717, 1.165) is 0 Å². The smallest absolute Gasteiger partial charge is 0.231 e. The minimum atomic E-state index is -0.322. The standard InChI is InChI=1S/C7H8.C3H8N2O/c1-7-5-3-2-4-6-7;1-5-2-3(4)6/h2-6H,1H3;5H,2H2,1H3,(H2,4,6). The molecule has 0 aliphatic carbocycles. The molecule has 0 aliphatic rings. The van der Waals surface area contributed by atoms with E-state index in [9.17, 15) is 4.79 Å². The van der Waals surface area contributed by atoms with Crippen molar-refractivity contribution >= 4 is 5.91 Å². The summed E-state index contributed by atoms with van der Waals surface area (Å²) >= 11 is 0. The Morgan fingerprint density at radius 1 is 1.38 bits per heavy atom. The van der Waals surface area contributed by atoms with Crippen molar-refractivity contribution in [2.75, 3.05) is 13.6 Å². The summed E-state index contributed by atoms with van der Waals surface area (Å²) in [5, 5.41) is 2.59. The van der Waals surface area contributed by atoms with E-state index < -0.39 is 0 Å². The van der Waals surface area contributed by atoms with Gasteiger partial charge >= 0.3 is 0 Å². The number of aryl methyl sites for hydroxylation is 1. The van der Waals surface area contributed by atoms with Crippen LogP contribution in [-0.2, 0) is 4.79 Å². The number of likely N-dealkylation sites (N-methyl/N-ethyl adjacent to an activating group) is 1. The van der Waals surface area contributed by atoms with Gasteiger partial charge in [-0.3, -0.25) is 4.79 Å². The lowest BCUT2D eigenvalue weighted by Gasteiger charge is -1.85. The third kappa shape index (κ3) is 8.56. The number of hydrogen-bond acceptors (Lipinski definition) is 2. The molecule has 1 aromatic rings. The Bertz CT molecular complexity index is 234. The highest BCUT2D eigenvalue weighted by Crippen LogP contribution is 1.92. The molecule has 13 heavy (non-hydrogen) atoms. The Hall–Kier alpha value is -1.35. The van der Waals surface area contributed by atoms with Crippen molar-refractivity contribution in [3.8, 4) is 0 Å². The third-order valence-corrected chi connectivity index (χ3v) is 1.29. The minimum Gasteiger partial charge on any atom is -0.369 e. The van der Waals surface area contributed by atoms with Gasteiger partial charge in [-0.2, -0.15) is 0 Å². The Labute approximate surface area is 78.9 Å². The van der Waals surface area contributed by atoms with Gasteiger partial charge in [-0.25, -0.2) is 0 Å². The molecule has 0 fully saturated rings. The zero-order valence-corrected chi connectivity index (χ0v) is 8.08. The van der Waals surface area contributed by atoms with Crippen molar-refractivity contribution in [2.45, 2.75) is 6.92 Å². The molecule has 0 spiro atoms. The van der Waals surface area contributed by atoms with Gasteiger partial charge in [0.1, 0.15) is 0 Å². The van der Waals surface area contributed by atoms with Gasteiger partial charge in [0, 0.05) is 0 Å². The molecule has 0 saturated heterocycles. The molecule has 3 N–H and O–H groups in total. The second kappa shape index (κ2) is 7.31. The number of nitrogens with one attached hydrogen (secondary N) is 1. The van der Waals surface area contributed by atoms with Gasteiger partial charge in [0.2, 0.25) is 5.91 Å². The first-order valence-electron chi connectivity index (χ1n) is 4.11. The van der Waals surface area contributed by atoms with Crippen LogP contribution in [0.1, 0.15) is 5.56 Å². The number of benzene rings is 1. The quantitative estimate of drug-likeness (QED) is 0.703. The van der Waals surface area contributed by atoms with Gasteiger partial charge in [0.25, 0.3) is 0 Å². The van der Waals surface area contributed by atoms with E-state index in [2.05, 4.69) is 24.4 Å². The molecular formula is C10H16N2O. The summed E-state index contributed by atoms with van der Waals surface area (Å²) in [5.41, 5.74) is 6.02. The molecule has 1 rings (SSSR count). The van der Waals surface area contributed by atoms with Crippen LogP contribution < -0.4 is 11.1 Å². The fourth-order valence-corrected chi connectivity index (χ4v) is 0.709. The summed E-state index contributed by atoms with van der Waals surface area (Å²) in [6, 6.07) is 10.3. The number of primary amides is 1. The second-order valence-corrected chi connectivity index (χ2v) is 2.65. The first-order valence-corrected chi connectivity index (χ1v) is 4.11. The van der Waals surface area contributed by atoms with Crippen LogP contribution in [0.4, 0.5) is 0 Å². The lowest BCUT2D eigenvalue weighted by molar-refractivity contribution is -0.117. The van der Waals surface area contributed by atoms with Crippen LogP contribution in [0.25, 0.3) is 0 Å². The average molecular weight is 180 g/mol.